The highest BCUT2D eigenvalue weighted by molar-refractivity contribution is 7.10. The largest absolute Gasteiger partial charge is 0.322 e. The summed E-state index contributed by atoms with van der Waals surface area (Å²) in [6.07, 6.45) is 5.38. The summed E-state index contributed by atoms with van der Waals surface area (Å²) in [5, 5.41) is 5.09. The van der Waals surface area contributed by atoms with Crippen molar-refractivity contribution in [3.05, 3.63) is 64.9 Å². The Balaban J connectivity index is 1.68. The minimum atomic E-state index is -0.0833. The summed E-state index contributed by atoms with van der Waals surface area (Å²) in [7, 11) is 4.03. The zero-order valence-electron chi connectivity index (χ0n) is 15.9. The summed E-state index contributed by atoms with van der Waals surface area (Å²) in [6.45, 7) is 4.19. The van der Waals surface area contributed by atoms with E-state index in [2.05, 4.69) is 33.6 Å². The Morgan fingerprint density at radius 1 is 1.19 bits per heavy atom. The average Bonchev–Trinajstić information content (AvgIpc) is 3.31. The quantitative estimate of drug-likeness (QED) is 0.674. The van der Waals surface area contributed by atoms with Crippen LogP contribution in [0.4, 0.5) is 10.5 Å². The molecule has 0 unspecified atom stereocenters. The number of anilines is 1. The van der Waals surface area contributed by atoms with Crippen LogP contribution in [-0.2, 0) is 6.54 Å². The van der Waals surface area contributed by atoms with Crippen molar-refractivity contribution in [2.75, 3.05) is 32.5 Å². The van der Waals surface area contributed by atoms with E-state index < -0.39 is 0 Å². The summed E-state index contributed by atoms with van der Waals surface area (Å²) < 4.78 is 1.93. The first-order valence-electron chi connectivity index (χ1n) is 8.85. The van der Waals surface area contributed by atoms with Gasteiger partial charge < -0.3 is 19.7 Å². The van der Waals surface area contributed by atoms with Crippen LogP contribution in [0.3, 0.4) is 0 Å². The van der Waals surface area contributed by atoms with Gasteiger partial charge in [-0.2, -0.15) is 0 Å². The molecule has 2 amide bonds. The number of amides is 2. The van der Waals surface area contributed by atoms with E-state index in [1.165, 1.54) is 10.4 Å². The molecule has 0 aliphatic rings. The number of nitrogens with zero attached hydrogens (tertiary/aromatic N) is 4. The van der Waals surface area contributed by atoms with E-state index in [1.54, 1.807) is 23.9 Å². The van der Waals surface area contributed by atoms with Gasteiger partial charge in [-0.3, -0.25) is 0 Å². The molecule has 0 bridgehead atoms. The van der Waals surface area contributed by atoms with Crippen LogP contribution in [0.1, 0.15) is 10.4 Å². The van der Waals surface area contributed by atoms with E-state index in [9.17, 15) is 4.79 Å². The molecule has 7 heteroatoms. The van der Waals surface area contributed by atoms with E-state index in [0.29, 0.717) is 13.1 Å². The molecule has 142 valence electrons. The Kier molecular flexibility index (Phi) is 6.26. The predicted molar refractivity (Wildman–Crippen MR) is 111 cm³/mol. The number of rotatable bonds is 7. The van der Waals surface area contributed by atoms with Crippen LogP contribution in [0, 0.1) is 6.92 Å². The summed E-state index contributed by atoms with van der Waals surface area (Å²) in [5.74, 6) is 0. The van der Waals surface area contributed by atoms with Crippen LogP contribution in [0.5, 0.6) is 0 Å². The maximum atomic E-state index is 12.9. The number of benzene rings is 1. The lowest BCUT2D eigenvalue weighted by Gasteiger charge is -2.24. The molecule has 0 fully saturated rings. The molecule has 2 aromatic heterocycles. The van der Waals surface area contributed by atoms with E-state index in [4.69, 9.17) is 0 Å². The highest BCUT2D eigenvalue weighted by atomic mass is 32.1. The number of carbonyl (C=O) groups excluding carboxylic acids is 1. The Labute approximate surface area is 164 Å². The van der Waals surface area contributed by atoms with Gasteiger partial charge in [0.15, 0.2) is 0 Å². The van der Waals surface area contributed by atoms with Crippen molar-refractivity contribution >= 4 is 23.1 Å². The van der Waals surface area contributed by atoms with Crippen molar-refractivity contribution < 1.29 is 4.79 Å². The first-order valence-corrected chi connectivity index (χ1v) is 9.73. The number of thiophene rings is 1. The third kappa shape index (κ3) is 5.18. The number of hydrogen-bond donors (Lipinski definition) is 1. The molecule has 3 rings (SSSR count). The van der Waals surface area contributed by atoms with E-state index in [-0.39, 0.29) is 6.03 Å². The van der Waals surface area contributed by atoms with Crippen molar-refractivity contribution in [2.45, 2.75) is 13.5 Å². The molecule has 0 radical (unpaired) electrons. The summed E-state index contributed by atoms with van der Waals surface area (Å²) in [4.78, 5) is 22.1. The summed E-state index contributed by atoms with van der Waals surface area (Å²) in [5.41, 5.74) is 3.01. The number of carbonyl (C=O) groups is 1. The number of nitrogens with one attached hydrogen (secondary N) is 1. The minimum Gasteiger partial charge on any atom is -0.318 e. The number of likely N-dealkylation sites (N-methyl/N-ethyl adjacent to an activating group) is 1. The van der Waals surface area contributed by atoms with Gasteiger partial charge >= 0.3 is 6.03 Å². The third-order valence-corrected chi connectivity index (χ3v) is 5.34. The zero-order valence-corrected chi connectivity index (χ0v) is 16.7. The van der Waals surface area contributed by atoms with Gasteiger partial charge in [-0.05, 0) is 62.3 Å². The number of hydrogen-bond acceptors (Lipinski definition) is 4. The fourth-order valence-corrected chi connectivity index (χ4v) is 3.56. The van der Waals surface area contributed by atoms with Crippen molar-refractivity contribution in [1.82, 2.24) is 19.4 Å². The van der Waals surface area contributed by atoms with Crippen molar-refractivity contribution in [3.8, 4) is 5.69 Å². The summed E-state index contributed by atoms with van der Waals surface area (Å²) in [6, 6.07) is 9.76. The Bertz CT molecular complexity index is 855. The monoisotopic (exact) mass is 383 g/mol. The van der Waals surface area contributed by atoms with Gasteiger partial charge in [0.25, 0.3) is 0 Å². The second-order valence-electron chi connectivity index (χ2n) is 6.70. The van der Waals surface area contributed by atoms with E-state index in [0.717, 1.165) is 17.9 Å². The molecule has 3 aromatic rings. The standard InChI is InChI=1S/C20H25N5OS/c1-16-8-13-27-19(16)14-24(12-11-23(2)3)20(26)22-17-4-6-18(7-5-17)25-10-9-21-15-25/h4-10,13,15H,11-12,14H2,1-3H3,(H,22,26). The molecule has 1 aromatic carbocycles. The first-order chi connectivity index (χ1) is 13.0. The lowest BCUT2D eigenvalue weighted by Crippen LogP contribution is -2.38. The number of aryl methyl sites for hydroxylation is 1. The molecule has 6 nitrogen and oxygen atoms in total. The van der Waals surface area contributed by atoms with Gasteiger partial charge in [-0.15, -0.1) is 11.3 Å². The van der Waals surface area contributed by atoms with Gasteiger partial charge in [0.2, 0.25) is 0 Å². The Morgan fingerprint density at radius 3 is 2.56 bits per heavy atom. The molecular weight excluding hydrogens is 358 g/mol. The van der Waals surface area contributed by atoms with E-state index in [1.807, 2.05) is 54.0 Å². The smallest absolute Gasteiger partial charge is 0.318 e. The lowest BCUT2D eigenvalue weighted by molar-refractivity contribution is 0.202. The third-order valence-electron chi connectivity index (χ3n) is 4.33. The molecule has 0 aliphatic heterocycles. The fourth-order valence-electron chi connectivity index (χ4n) is 2.64. The van der Waals surface area contributed by atoms with Crippen molar-refractivity contribution in [1.29, 1.82) is 0 Å². The second-order valence-corrected chi connectivity index (χ2v) is 7.70. The van der Waals surface area contributed by atoms with Gasteiger partial charge in [-0.25, -0.2) is 9.78 Å². The normalized spacial score (nSPS) is 11.0. The molecular formula is C20H25N5OS. The zero-order chi connectivity index (χ0) is 19.2. The van der Waals surface area contributed by atoms with Crippen LogP contribution < -0.4 is 5.32 Å². The SMILES string of the molecule is Cc1ccsc1CN(CCN(C)C)C(=O)Nc1ccc(-n2ccnc2)cc1. The van der Waals surface area contributed by atoms with E-state index >= 15 is 0 Å². The maximum absolute atomic E-state index is 12.9. The lowest BCUT2D eigenvalue weighted by atomic mass is 10.2. The molecule has 0 saturated heterocycles. The Morgan fingerprint density at radius 2 is 1.96 bits per heavy atom. The average molecular weight is 384 g/mol. The molecule has 0 spiro atoms. The molecule has 27 heavy (non-hydrogen) atoms. The maximum Gasteiger partial charge on any atom is 0.322 e. The van der Waals surface area contributed by atoms with Crippen molar-refractivity contribution in [3.63, 3.8) is 0 Å². The predicted octanol–water partition coefficient (Wildman–Crippen LogP) is 3.84. The molecule has 0 atom stereocenters. The van der Waals surface area contributed by atoms with Gasteiger partial charge in [0.05, 0.1) is 12.9 Å². The van der Waals surface area contributed by atoms with Crippen LogP contribution >= 0.6 is 11.3 Å². The number of imidazole rings is 1. The van der Waals surface area contributed by atoms with Gasteiger partial charge in [-0.1, -0.05) is 0 Å². The molecule has 0 saturated carbocycles. The van der Waals surface area contributed by atoms with Gasteiger partial charge in [0.1, 0.15) is 0 Å². The number of urea groups is 1. The van der Waals surface area contributed by atoms with Crippen molar-refractivity contribution in [2.24, 2.45) is 0 Å². The topological polar surface area (TPSA) is 53.4 Å². The highest BCUT2D eigenvalue weighted by Crippen LogP contribution is 2.19. The first kappa shape index (κ1) is 19.1. The molecule has 0 aliphatic carbocycles. The van der Waals surface area contributed by atoms with Crippen LogP contribution in [-0.4, -0.2) is 52.6 Å². The molecule has 1 N–H and O–H groups in total. The van der Waals surface area contributed by atoms with Crippen LogP contribution in [0.15, 0.2) is 54.4 Å². The fraction of sp³-hybridized carbons (Fsp3) is 0.300. The van der Waals surface area contributed by atoms with Gasteiger partial charge in [0, 0.05) is 41.7 Å². The Hall–Kier alpha value is -2.64. The van der Waals surface area contributed by atoms with Crippen LogP contribution in [0.2, 0.25) is 0 Å². The molecule has 2 heterocycles. The summed E-state index contributed by atoms with van der Waals surface area (Å²) >= 11 is 1.69. The van der Waals surface area contributed by atoms with Crippen LogP contribution in [0.25, 0.3) is 5.69 Å². The number of aromatic nitrogens is 2. The minimum absolute atomic E-state index is 0.0833. The highest BCUT2D eigenvalue weighted by Gasteiger charge is 2.16. The second kappa shape index (κ2) is 8.83.